The highest BCUT2D eigenvalue weighted by Crippen LogP contribution is 2.36. The molecule has 0 N–H and O–H groups in total. The van der Waals surface area contributed by atoms with Crippen LogP contribution in [0.25, 0.3) is 0 Å². The second-order valence-corrected chi connectivity index (χ2v) is 7.62. The van der Waals surface area contributed by atoms with Crippen molar-refractivity contribution in [1.82, 2.24) is 19.1 Å². The van der Waals surface area contributed by atoms with Gasteiger partial charge in [0.2, 0.25) is 5.03 Å². The lowest BCUT2D eigenvalue weighted by Gasteiger charge is -2.34. The van der Waals surface area contributed by atoms with Crippen LogP contribution in [-0.2, 0) is 17.1 Å². The molecule has 3 heterocycles. The molecule has 0 saturated carbocycles. The van der Waals surface area contributed by atoms with E-state index in [-0.39, 0.29) is 11.1 Å². The van der Waals surface area contributed by atoms with Crippen molar-refractivity contribution in [3.8, 4) is 5.75 Å². The molecule has 0 amide bonds. The molecule has 3 rings (SSSR count). The lowest BCUT2D eigenvalue weighted by Crippen LogP contribution is -2.38. The van der Waals surface area contributed by atoms with E-state index in [0.29, 0.717) is 18.9 Å². The van der Waals surface area contributed by atoms with Crippen LogP contribution in [0.5, 0.6) is 5.75 Å². The van der Waals surface area contributed by atoms with Crippen molar-refractivity contribution >= 4 is 10.0 Å². The first kappa shape index (κ1) is 16.9. The number of nitrogens with zero attached hydrogens (tertiary/aromatic N) is 4. The van der Waals surface area contributed by atoms with Gasteiger partial charge in [0.25, 0.3) is 10.0 Å². The molecule has 1 saturated heterocycles. The van der Waals surface area contributed by atoms with Crippen molar-refractivity contribution in [3.05, 3.63) is 36.3 Å². The Morgan fingerprint density at radius 2 is 2.21 bits per heavy atom. The highest BCUT2D eigenvalue weighted by Gasteiger charge is 2.37. The molecule has 1 aliphatic rings. The van der Waals surface area contributed by atoms with Crippen LogP contribution in [0.3, 0.4) is 0 Å². The average molecular weight is 350 g/mol. The largest absolute Gasteiger partial charge is 0.491 e. The first-order valence-electron chi connectivity index (χ1n) is 8.12. The van der Waals surface area contributed by atoms with Gasteiger partial charge in [-0.3, -0.25) is 4.68 Å². The average Bonchev–Trinajstić information content (AvgIpc) is 3.02. The first-order chi connectivity index (χ1) is 11.5. The molecule has 2 aromatic heterocycles. The molecule has 8 heteroatoms. The highest BCUT2D eigenvalue weighted by atomic mass is 32.2. The molecule has 0 bridgehead atoms. The van der Waals surface area contributed by atoms with Gasteiger partial charge in [-0.05, 0) is 31.9 Å². The topological polar surface area (TPSA) is 77.3 Å². The normalized spacial score (nSPS) is 19.3. The Hall–Kier alpha value is -1.93. The number of aryl methyl sites for hydroxylation is 1. The standard InChI is InChI=1S/C16H22N4O3S/c1-3-23-15-8-6-9-17-16(15)24(21,22)20-10-5-4-7-14(20)13-11-18-19(2)12-13/h6,8-9,11-12,14H,3-5,7,10H2,1-2H3. The molecule has 0 aromatic carbocycles. The Labute approximate surface area is 142 Å². The zero-order valence-electron chi connectivity index (χ0n) is 13.9. The third-order valence-electron chi connectivity index (χ3n) is 4.15. The van der Waals surface area contributed by atoms with Crippen molar-refractivity contribution in [2.75, 3.05) is 13.2 Å². The van der Waals surface area contributed by atoms with Crippen LogP contribution in [-0.4, -0.2) is 40.6 Å². The Morgan fingerprint density at radius 3 is 2.92 bits per heavy atom. The minimum Gasteiger partial charge on any atom is -0.491 e. The monoisotopic (exact) mass is 350 g/mol. The van der Waals surface area contributed by atoms with Crippen molar-refractivity contribution in [3.63, 3.8) is 0 Å². The quantitative estimate of drug-likeness (QED) is 0.825. The summed E-state index contributed by atoms with van der Waals surface area (Å²) >= 11 is 0. The third-order valence-corrected chi connectivity index (χ3v) is 6.00. The Kier molecular flexibility index (Phi) is 4.86. The Balaban J connectivity index is 2.01. The number of pyridine rings is 1. The summed E-state index contributed by atoms with van der Waals surface area (Å²) in [5, 5.41) is 4.17. The Bertz CT molecular complexity index is 803. The van der Waals surface area contributed by atoms with Gasteiger partial charge in [-0.1, -0.05) is 6.42 Å². The SMILES string of the molecule is CCOc1cccnc1S(=O)(=O)N1CCCCC1c1cnn(C)c1. The molecule has 1 unspecified atom stereocenters. The van der Waals surface area contributed by atoms with Gasteiger partial charge in [0, 0.05) is 31.5 Å². The molecule has 0 aliphatic carbocycles. The minimum atomic E-state index is -3.74. The fraction of sp³-hybridized carbons (Fsp3) is 0.500. The van der Waals surface area contributed by atoms with Crippen molar-refractivity contribution < 1.29 is 13.2 Å². The van der Waals surface area contributed by atoms with Crippen molar-refractivity contribution in [2.24, 2.45) is 7.05 Å². The summed E-state index contributed by atoms with van der Waals surface area (Å²) in [6.45, 7) is 2.69. The van der Waals surface area contributed by atoms with Gasteiger partial charge in [-0.2, -0.15) is 9.40 Å². The van der Waals surface area contributed by atoms with Gasteiger partial charge in [0.1, 0.15) is 0 Å². The number of aromatic nitrogens is 3. The molecule has 1 atom stereocenters. The molecule has 24 heavy (non-hydrogen) atoms. The van der Waals surface area contributed by atoms with E-state index in [4.69, 9.17) is 4.74 Å². The number of sulfonamides is 1. The molecule has 0 radical (unpaired) electrons. The molecule has 1 fully saturated rings. The third kappa shape index (κ3) is 3.16. The van der Waals surface area contributed by atoms with Crippen LogP contribution in [0, 0.1) is 0 Å². The van der Waals surface area contributed by atoms with E-state index in [9.17, 15) is 8.42 Å². The van der Waals surface area contributed by atoms with E-state index >= 15 is 0 Å². The summed E-state index contributed by atoms with van der Waals surface area (Å²) in [5.74, 6) is 0.301. The zero-order valence-corrected chi connectivity index (χ0v) is 14.7. The van der Waals surface area contributed by atoms with Crippen LogP contribution in [0.2, 0.25) is 0 Å². The van der Waals surface area contributed by atoms with E-state index in [2.05, 4.69) is 10.1 Å². The molecule has 130 valence electrons. The maximum Gasteiger partial charge on any atom is 0.264 e. The maximum atomic E-state index is 13.2. The second kappa shape index (κ2) is 6.90. The fourth-order valence-corrected chi connectivity index (χ4v) is 4.81. The summed E-state index contributed by atoms with van der Waals surface area (Å²) < 4.78 is 35.2. The van der Waals surface area contributed by atoms with Crippen LogP contribution in [0.4, 0.5) is 0 Å². The van der Waals surface area contributed by atoms with Crippen molar-refractivity contribution in [2.45, 2.75) is 37.3 Å². The number of hydrogen-bond donors (Lipinski definition) is 0. The summed E-state index contributed by atoms with van der Waals surface area (Å²) in [4.78, 5) is 4.10. The summed E-state index contributed by atoms with van der Waals surface area (Å²) in [7, 11) is -1.91. The van der Waals surface area contributed by atoms with Gasteiger partial charge in [-0.25, -0.2) is 13.4 Å². The van der Waals surface area contributed by atoms with E-state index in [1.54, 1.807) is 27.3 Å². The lowest BCUT2D eigenvalue weighted by atomic mass is 10.0. The van der Waals surface area contributed by atoms with Crippen LogP contribution < -0.4 is 4.74 Å². The van der Waals surface area contributed by atoms with Gasteiger partial charge in [0.05, 0.1) is 18.8 Å². The molecule has 0 spiro atoms. The predicted octanol–water partition coefficient (Wildman–Crippen LogP) is 2.13. The smallest absolute Gasteiger partial charge is 0.264 e. The maximum absolute atomic E-state index is 13.2. The minimum absolute atomic E-state index is 0.0114. The highest BCUT2D eigenvalue weighted by molar-refractivity contribution is 7.89. The number of hydrogen-bond acceptors (Lipinski definition) is 5. The van der Waals surface area contributed by atoms with Gasteiger partial charge in [-0.15, -0.1) is 0 Å². The summed E-state index contributed by atoms with van der Waals surface area (Å²) in [6.07, 6.45) is 7.71. The molecular weight excluding hydrogens is 328 g/mol. The molecular formula is C16H22N4O3S. The van der Waals surface area contributed by atoms with Crippen LogP contribution in [0.1, 0.15) is 37.8 Å². The van der Waals surface area contributed by atoms with Crippen LogP contribution >= 0.6 is 0 Å². The van der Waals surface area contributed by atoms with E-state index in [0.717, 1.165) is 24.8 Å². The number of piperidine rings is 1. The summed E-state index contributed by atoms with van der Waals surface area (Å²) in [6, 6.07) is 3.11. The first-order valence-corrected chi connectivity index (χ1v) is 9.56. The Morgan fingerprint density at radius 1 is 1.38 bits per heavy atom. The van der Waals surface area contributed by atoms with Gasteiger partial charge in [0.15, 0.2) is 5.75 Å². The second-order valence-electron chi connectivity index (χ2n) is 5.81. The lowest BCUT2D eigenvalue weighted by molar-refractivity contribution is 0.253. The molecule has 2 aromatic rings. The van der Waals surface area contributed by atoms with E-state index < -0.39 is 10.0 Å². The molecule has 1 aliphatic heterocycles. The van der Waals surface area contributed by atoms with Crippen LogP contribution in [0.15, 0.2) is 35.7 Å². The van der Waals surface area contributed by atoms with E-state index in [1.807, 2.05) is 20.2 Å². The van der Waals surface area contributed by atoms with E-state index in [1.165, 1.54) is 6.20 Å². The van der Waals surface area contributed by atoms with Gasteiger partial charge >= 0.3 is 0 Å². The summed E-state index contributed by atoms with van der Waals surface area (Å²) in [5.41, 5.74) is 0.912. The number of rotatable bonds is 5. The van der Waals surface area contributed by atoms with Gasteiger partial charge < -0.3 is 4.74 Å². The molecule has 7 nitrogen and oxygen atoms in total. The number of ether oxygens (including phenoxy) is 1. The fourth-order valence-electron chi connectivity index (χ4n) is 3.08. The zero-order chi connectivity index (χ0) is 17.2. The predicted molar refractivity (Wildman–Crippen MR) is 89.1 cm³/mol. The van der Waals surface area contributed by atoms with Crippen molar-refractivity contribution in [1.29, 1.82) is 0 Å².